The number of aliphatic hydroxyl groups is 1. The summed E-state index contributed by atoms with van der Waals surface area (Å²) >= 11 is 0. The van der Waals surface area contributed by atoms with Gasteiger partial charge in [0.15, 0.2) is 0 Å². The molecule has 90 valence electrons. The minimum atomic E-state index is -0.359. The summed E-state index contributed by atoms with van der Waals surface area (Å²) in [5.41, 5.74) is 0. The van der Waals surface area contributed by atoms with Crippen LogP contribution in [0.4, 0.5) is 0 Å². The van der Waals surface area contributed by atoms with E-state index in [1.165, 1.54) is 0 Å². The summed E-state index contributed by atoms with van der Waals surface area (Å²) in [6.07, 6.45) is 1.35. The molecule has 1 unspecified atom stereocenters. The van der Waals surface area contributed by atoms with Gasteiger partial charge in [0.1, 0.15) is 0 Å². The number of aliphatic hydroxyl groups excluding tert-OH is 1. The number of carbonyl (C=O) groups excluding carboxylic acids is 1. The zero-order chi connectivity index (χ0) is 11.5. The van der Waals surface area contributed by atoms with Crippen LogP contribution in [0.3, 0.4) is 0 Å². The Morgan fingerprint density at radius 2 is 2.27 bits per heavy atom. The highest BCUT2D eigenvalue weighted by atomic mass is 16.5. The molecular weight excluding hydrogens is 196 g/mol. The van der Waals surface area contributed by atoms with Gasteiger partial charge in [0.2, 0.25) is 5.91 Å². The van der Waals surface area contributed by atoms with Crippen LogP contribution in [0.5, 0.6) is 0 Å². The summed E-state index contributed by atoms with van der Waals surface area (Å²) in [6.45, 7) is 3.76. The molecule has 5 nitrogen and oxygen atoms in total. The summed E-state index contributed by atoms with van der Waals surface area (Å²) < 4.78 is 4.79. The van der Waals surface area contributed by atoms with Crippen molar-refractivity contribution in [3.63, 3.8) is 0 Å². The lowest BCUT2D eigenvalue weighted by atomic mass is 10.2. The Bertz CT molecular complexity index is 165. The average Bonchev–Trinajstić information content (AvgIpc) is 2.18. The van der Waals surface area contributed by atoms with E-state index in [4.69, 9.17) is 4.74 Å². The van der Waals surface area contributed by atoms with Crippen molar-refractivity contribution in [2.24, 2.45) is 0 Å². The van der Waals surface area contributed by atoms with Crippen LogP contribution < -0.4 is 10.6 Å². The Hall–Kier alpha value is -0.650. The van der Waals surface area contributed by atoms with Gasteiger partial charge < -0.3 is 20.5 Å². The summed E-state index contributed by atoms with van der Waals surface area (Å²) in [5.74, 6) is -0.0734. The smallest absolute Gasteiger partial charge is 0.234 e. The minimum Gasteiger partial charge on any atom is -0.392 e. The number of amides is 1. The van der Waals surface area contributed by atoms with E-state index in [1.807, 2.05) is 6.92 Å². The monoisotopic (exact) mass is 218 g/mol. The molecule has 0 saturated heterocycles. The SMILES string of the molecule is CCCC(O)CNCC(=O)NCCOC. The quantitative estimate of drug-likeness (QED) is 0.456. The highest BCUT2D eigenvalue weighted by molar-refractivity contribution is 5.77. The fourth-order valence-electron chi connectivity index (χ4n) is 1.14. The van der Waals surface area contributed by atoms with Gasteiger partial charge in [-0.05, 0) is 6.42 Å². The van der Waals surface area contributed by atoms with Gasteiger partial charge in [0.05, 0.1) is 19.3 Å². The van der Waals surface area contributed by atoms with E-state index in [0.717, 1.165) is 12.8 Å². The number of rotatable bonds is 9. The molecule has 15 heavy (non-hydrogen) atoms. The Labute approximate surface area is 91.2 Å². The van der Waals surface area contributed by atoms with E-state index in [2.05, 4.69) is 10.6 Å². The largest absolute Gasteiger partial charge is 0.392 e. The third-order valence-electron chi connectivity index (χ3n) is 1.92. The topological polar surface area (TPSA) is 70.6 Å². The maximum absolute atomic E-state index is 11.1. The van der Waals surface area contributed by atoms with Gasteiger partial charge in [-0.15, -0.1) is 0 Å². The summed E-state index contributed by atoms with van der Waals surface area (Å²) in [5, 5.41) is 14.9. The average molecular weight is 218 g/mol. The number of hydrogen-bond donors (Lipinski definition) is 3. The Morgan fingerprint density at radius 1 is 1.53 bits per heavy atom. The summed E-state index contributed by atoms with van der Waals surface area (Å²) in [6, 6.07) is 0. The van der Waals surface area contributed by atoms with Crippen molar-refractivity contribution in [3.05, 3.63) is 0 Å². The summed E-state index contributed by atoms with van der Waals surface area (Å²) in [7, 11) is 1.59. The van der Waals surface area contributed by atoms with Crippen LogP contribution in [0.25, 0.3) is 0 Å². The molecule has 0 spiro atoms. The van der Waals surface area contributed by atoms with Crippen molar-refractivity contribution < 1.29 is 14.6 Å². The molecule has 1 amide bonds. The van der Waals surface area contributed by atoms with Crippen molar-refractivity contribution in [1.29, 1.82) is 0 Å². The van der Waals surface area contributed by atoms with Gasteiger partial charge in [-0.25, -0.2) is 0 Å². The van der Waals surface area contributed by atoms with Crippen LogP contribution in [0, 0.1) is 0 Å². The molecule has 0 radical (unpaired) electrons. The van der Waals surface area contributed by atoms with E-state index in [9.17, 15) is 9.90 Å². The molecule has 0 heterocycles. The van der Waals surface area contributed by atoms with E-state index in [-0.39, 0.29) is 18.6 Å². The highest BCUT2D eigenvalue weighted by Gasteiger charge is 2.03. The molecule has 0 aromatic heterocycles. The molecule has 0 aliphatic carbocycles. The Morgan fingerprint density at radius 3 is 2.87 bits per heavy atom. The standard InChI is InChI=1S/C10H22N2O3/c1-3-4-9(13)7-11-8-10(14)12-5-6-15-2/h9,11,13H,3-8H2,1-2H3,(H,12,14). The second-order valence-electron chi connectivity index (χ2n) is 3.42. The van der Waals surface area contributed by atoms with Gasteiger partial charge in [-0.1, -0.05) is 13.3 Å². The predicted octanol–water partition coefficient (Wildman–Crippen LogP) is -0.500. The third-order valence-corrected chi connectivity index (χ3v) is 1.92. The molecule has 0 aromatic rings. The van der Waals surface area contributed by atoms with Gasteiger partial charge >= 0.3 is 0 Å². The maximum atomic E-state index is 11.1. The van der Waals surface area contributed by atoms with E-state index < -0.39 is 0 Å². The van der Waals surface area contributed by atoms with E-state index in [1.54, 1.807) is 7.11 Å². The zero-order valence-corrected chi connectivity index (χ0v) is 9.58. The predicted molar refractivity (Wildman–Crippen MR) is 58.7 cm³/mol. The van der Waals surface area contributed by atoms with Crippen LogP contribution in [0.2, 0.25) is 0 Å². The highest BCUT2D eigenvalue weighted by Crippen LogP contribution is 1.93. The third kappa shape index (κ3) is 9.65. The molecule has 0 fully saturated rings. The lowest BCUT2D eigenvalue weighted by Crippen LogP contribution is -2.38. The first-order valence-electron chi connectivity index (χ1n) is 5.35. The van der Waals surface area contributed by atoms with Crippen LogP contribution in [0.15, 0.2) is 0 Å². The number of hydrogen-bond acceptors (Lipinski definition) is 4. The van der Waals surface area contributed by atoms with Gasteiger partial charge in [0.25, 0.3) is 0 Å². The van der Waals surface area contributed by atoms with E-state index >= 15 is 0 Å². The fraction of sp³-hybridized carbons (Fsp3) is 0.900. The van der Waals surface area contributed by atoms with Crippen LogP contribution in [-0.2, 0) is 9.53 Å². The Kier molecular flexibility index (Phi) is 9.46. The molecular formula is C10H22N2O3. The van der Waals surface area contributed by atoms with Gasteiger partial charge in [0, 0.05) is 20.2 Å². The molecule has 0 aliphatic rings. The molecule has 0 rings (SSSR count). The van der Waals surface area contributed by atoms with Gasteiger partial charge in [-0.3, -0.25) is 4.79 Å². The Balaban J connectivity index is 3.30. The number of methoxy groups -OCH3 is 1. The molecule has 0 bridgehead atoms. The minimum absolute atomic E-state index is 0.0734. The van der Waals surface area contributed by atoms with E-state index in [0.29, 0.717) is 19.7 Å². The number of ether oxygens (including phenoxy) is 1. The molecule has 3 N–H and O–H groups in total. The molecule has 0 saturated carbocycles. The number of nitrogens with one attached hydrogen (secondary N) is 2. The second kappa shape index (κ2) is 9.89. The lowest BCUT2D eigenvalue weighted by Gasteiger charge is -2.10. The molecule has 5 heteroatoms. The first-order chi connectivity index (χ1) is 7.20. The zero-order valence-electron chi connectivity index (χ0n) is 9.58. The second-order valence-corrected chi connectivity index (χ2v) is 3.42. The van der Waals surface area contributed by atoms with Crippen LogP contribution in [0.1, 0.15) is 19.8 Å². The molecule has 0 aliphatic heterocycles. The van der Waals surface area contributed by atoms with Crippen molar-refractivity contribution in [2.75, 3.05) is 33.4 Å². The number of carbonyl (C=O) groups is 1. The van der Waals surface area contributed by atoms with Crippen molar-refractivity contribution in [1.82, 2.24) is 10.6 Å². The first kappa shape index (κ1) is 14.3. The van der Waals surface area contributed by atoms with Crippen molar-refractivity contribution >= 4 is 5.91 Å². The van der Waals surface area contributed by atoms with Crippen LogP contribution in [-0.4, -0.2) is 50.5 Å². The molecule has 0 aromatic carbocycles. The normalized spacial score (nSPS) is 12.5. The summed E-state index contributed by atoms with van der Waals surface area (Å²) in [4.78, 5) is 11.1. The molecule has 1 atom stereocenters. The first-order valence-corrected chi connectivity index (χ1v) is 5.35. The fourth-order valence-corrected chi connectivity index (χ4v) is 1.14. The van der Waals surface area contributed by atoms with Crippen LogP contribution >= 0.6 is 0 Å². The maximum Gasteiger partial charge on any atom is 0.234 e. The van der Waals surface area contributed by atoms with Crippen molar-refractivity contribution in [3.8, 4) is 0 Å². The van der Waals surface area contributed by atoms with Gasteiger partial charge in [-0.2, -0.15) is 0 Å². The van der Waals surface area contributed by atoms with Crippen molar-refractivity contribution in [2.45, 2.75) is 25.9 Å². The lowest BCUT2D eigenvalue weighted by molar-refractivity contribution is -0.120.